The van der Waals surface area contributed by atoms with E-state index in [4.69, 9.17) is 5.26 Å². The maximum Gasteiger partial charge on any atom is 0.0903 e. The predicted molar refractivity (Wildman–Crippen MR) is 31.3 cm³/mol. The minimum Gasteiger partial charge on any atom is -0.219 e. The summed E-state index contributed by atoms with van der Waals surface area (Å²) in [5, 5.41) is 18.1. The van der Waals surface area contributed by atoms with Gasteiger partial charge in [-0.05, 0) is 20.5 Å². The third-order valence-electron chi connectivity index (χ3n) is 0.598. The SMILES string of the molecule is CC(C)(C)COOOOO. The van der Waals surface area contributed by atoms with E-state index in [1.54, 1.807) is 0 Å². The van der Waals surface area contributed by atoms with Crippen LogP contribution in [0.4, 0.5) is 0 Å². The fourth-order valence-corrected chi connectivity index (χ4v) is 0.233. The molecule has 0 radical (unpaired) electrons. The molecule has 5 heteroatoms. The minimum atomic E-state index is -0.0151. The maximum atomic E-state index is 7.57. The van der Waals surface area contributed by atoms with Crippen LogP contribution in [0.5, 0.6) is 0 Å². The van der Waals surface area contributed by atoms with Crippen LogP contribution < -0.4 is 0 Å². The van der Waals surface area contributed by atoms with Gasteiger partial charge in [-0.3, -0.25) is 0 Å². The van der Waals surface area contributed by atoms with Crippen molar-refractivity contribution in [1.29, 1.82) is 0 Å². The first-order valence-electron chi connectivity index (χ1n) is 2.82. The monoisotopic (exact) mass is 152 g/mol. The van der Waals surface area contributed by atoms with Gasteiger partial charge < -0.3 is 0 Å². The van der Waals surface area contributed by atoms with Crippen molar-refractivity contribution in [3.8, 4) is 0 Å². The normalized spacial score (nSPS) is 12.0. The Balaban J connectivity index is 3.04. The highest BCUT2D eigenvalue weighted by Gasteiger charge is 2.10. The molecule has 0 fully saturated rings. The van der Waals surface area contributed by atoms with Crippen molar-refractivity contribution in [2.75, 3.05) is 6.61 Å². The summed E-state index contributed by atoms with van der Waals surface area (Å²) in [5.41, 5.74) is -0.0151. The smallest absolute Gasteiger partial charge is 0.0903 e. The molecule has 0 aliphatic heterocycles. The van der Waals surface area contributed by atoms with Gasteiger partial charge in [0.1, 0.15) is 0 Å². The molecule has 0 aromatic heterocycles. The molecule has 0 unspecified atom stereocenters. The summed E-state index contributed by atoms with van der Waals surface area (Å²) in [6.45, 7) is 6.21. The van der Waals surface area contributed by atoms with Gasteiger partial charge in [0.05, 0.1) is 6.61 Å². The summed E-state index contributed by atoms with van der Waals surface area (Å²) in [6.07, 6.45) is 0. The second-order valence-corrected chi connectivity index (χ2v) is 3.03. The molecule has 0 aliphatic rings. The summed E-state index contributed by atoms with van der Waals surface area (Å²) in [6, 6.07) is 0. The predicted octanol–water partition coefficient (Wildman–Crippen LogP) is 1.32. The molecule has 0 bridgehead atoms. The molecule has 0 saturated carbocycles. The van der Waals surface area contributed by atoms with Crippen LogP contribution in [0.3, 0.4) is 0 Å². The summed E-state index contributed by atoms with van der Waals surface area (Å²) in [4.78, 5) is 4.43. The van der Waals surface area contributed by atoms with Gasteiger partial charge in [0.25, 0.3) is 0 Å². The Morgan fingerprint density at radius 3 is 2.20 bits per heavy atom. The van der Waals surface area contributed by atoms with Crippen molar-refractivity contribution in [2.45, 2.75) is 20.8 Å². The zero-order valence-electron chi connectivity index (χ0n) is 6.29. The average Bonchev–Trinajstić information content (AvgIpc) is 1.78. The Morgan fingerprint density at radius 2 is 1.80 bits per heavy atom. The van der Waals surface area contributed by atoms with E-state index >= 15 is 0 Å². The standard InChI is InChI=1S/C5H12O5/c1-5(2,3)4-7-9-10-8-6/h6H,4H2,1-3H3. The van der Waals surface area contributed by atoms with Crippen molar-refractivity contribution < 1.29 is 25.3 Å². The topological polar surface area (TPSA) is 57.2 Å². The zero-order chi connectivity index (χ0) is 8.04. The lowest BCUT2D eigenvalue weighted by atomic mass is 9.99. The van der Waals surface area contributed by atoms with Gasteiger partial charge in [-0.2, -0.15) is 0 Å². The van der Waals surface area contributed by atoms with Gasteiger partial charge in [-0.15, -0.1) is 0 Å². The molecule has 0 heterocycles. The molecule has 0 saturated heterocycles. The number of hydrogen-bond donors (Lipinski definition) is 1. The Morgan fingerprint density at radius 1 is 1.20 bits per heavy atom. The molecule has 0 atom stereocenters. The van der Waals surface area contributed by atoms with E-state index in [-0.39, 0.29) is 5.41 Å². The van der Waals surface area contributed by atoms with Gasteiger partial charge >= 0.3 is 0 Å². The van der Waals surface area contributed by atoms with E-state index in [1.807, 2.05) is 20.8 Å². The van der Waals surface area contributed by atoms with Crippen molar-refractivity contribution >= 4 is 0 Å². The molecule has 62 valence electrons. The molecule has 0 spiro atoms. The van der Waals surface area contributed by atoms with Crippen molar-refractivity contribution in [3.05, 3.63) is 0 Å². The van der Waals surface area contributed by atoms with Crippen LogP contribution in [0.15, 0.2) is 0 Å². The summed E-state index contributed by atoms with van der Waals surface area (Å²) < 4.78 is 0. The van der Waals surface area contributed by atoms with Gasteiger partial charge in [0, 0.05) is 0 Å². The summed E-state index contributed by atoms with van der Waals surface area (Å²) in [7, 11) is 0. The zero-order valence-corrected chi connectivity index (χ0v) is 6.29. The Hall–Kier alpha value is -0.200. The van der Waals surface area contributed by atoms with Crippen LogP contribution in [-0.2, 0) is 20.0 Å². The third kappa shape index (κ3) is 7.80. The third-order valence-corrected chi connectivity index (χ3v) is 0.598. The fraction of sp³-hybridized carbons (Fsp3) is 1.00. The minimum absolute atomic E-state index is 0.0151. The van der Waals surface area contributed by atoms with E-state index < -0.39 is 0 Å². The highest BCUT2D eigenvalue weighted by molar-refractivity contribution is 4.56. The maximum absolute atomic E-state index is 7.57. The molecule has 0 aromatic rings. The van der Waals surface area contributed by atoms with Crippen molar-refractivity contribution in [2.24, 2.45) is 5.41 Å². The molecule has 0 aliphatic carbocycles. The van der Waals surface area contributed by atoms with Crippen LogP contribution in [-0.4, -0.2) is 11.9 Å². The molecule has 0 aromatic carbocycles. The Labute approximate surface area is 59.2 Å². The first kappa shape index (κ1) is 9.80. The molecule has 0 rings (SSSR count). The van der Waals surface area contributed by atoms with E-state index in [2.05, 4.69) is 20.0 Å². The molecule has 5 nitrogen and oxygen atoms in total. The van der Waals surface area contributed by atoms with Crippen LogP contribution in [0.1, 0.15) is 20.8 Å². The van der Waals surface area contributed by atoms with Gasteiger partial charge in [-0.25, -0.2) is 10.1 Å². The Bertz CT molecular complexity index is 76.6. The van der Waals surface area contributed by atoms with Crippen molar-refractivity contribution in [3.63, 3.8) is 0 Å². The molecule has 1 N–H and O–H groups in total. The van der Waals surface area contributed by atoms with E-state index in [0.29, 0.717) is 6.61 Å². The van der Waals surface area contributed by atoms with E-state index in [0.717, 1.165) is 0 Å². The lowest BCUT2D eigenvalue weighted by Crippen LogP contribution is -2.14. The first-order valence-corrected chi connectivity index (χ1v) is 2.82. The van der Waals surface area contributed by atoms with Crippen molar-refractivity contribution in [1.82, 2.24) is 0 Å². The van der Waals surface area contributed by atoms with Gasteiger partial charge in [0.2, 0.25) is 0 Å². The highest BCUT2D eigenvalue weighted by atomic mass is 17.8. The highest BCUT2D eigenvalue weighted by Crippen LogP contribution is 2.12. The van der Waals surface area contributed by atoms with Gasteiger partial charge in [-0.1, -0.05) is 20.8 Å². The summed E-state index contributed by atoms with van der Waals surface area (Å²) >= 11 is 0. The van der Waals surface area contributed by atoms with Crippen LogP contribution >= 0.6 is 0 Å². The molecule has 10 heavy (non-hydrogen) atoms. The largest absolute Gasteiger partial charge is 0.219 e. The molecular formula is C5H12O5. The van der Waals surface area contributed by atoms with Crippen LogP contribution in [0.2, 0.25) is 0 Å². The Kier molecular flexibility index (Phi) is 4.50. The lowest BCUT2D eigenvalue weighted by molar-refractivity contribution is -0.703. The number of hydrogen-bond acceptors (Lipinski definition) is 5. The molecule has 0 amide bonds. The lowest BCUT2D eigenvalue weighted by Gasteiger charge is -2.14. The van der Waals surface area contributed by atoms with Crippen LogP contribution in [0, 0.1) is 5.41 Å². The van der Waals surface area contributed by atoms with Crippen LogP contribution in [0.25, 0.3) is 0 Å². The average molecular weight is 152 g/mol. The van der Waals surface area contributed by atoms with E-state index in [1.165, 1.54) is 0 Å². The summed E-state index contributed by atoms with van der Waals surface area (Å²) in [5.74, 6) is 0. The second-order valence-electron chi connectivity index (χ2n) is 3.03. The quantitative estimate of drug-likeness (QED) is 0.374. The number of rotatable bonds is 4. The molecular weight excluding hydrogens is 140 g/mol. The fourth-order valence-electron chi connectivity index (χ4n) is 0.233. The second kappa shape index (κ2) is 4.59. The van der Waals surface area contributed by atoms with Gasteiger partial charge in [0.15, 0.2) is 0 Å². The first-order chi connectivity index (χ1) is 4.56. The van der Waals surface area contributed by atoms with E-state index in [9.17, 15) is 0 Å².